The van der Waals surface area contributed by atoms with Gasteiger partial charge in [-0.3, -0.25) is 14.5 Å². The van der Waals surface area contributed by atoms with Crippen molar-refractivity contribution in [2.45, 2.75) is 30.7 Å². The first-order valence-corrected chi connectivity index (χ1v) is 9.68. The maximum atomic E-state index is 12.6. The minimum absolute atomic E-state index is 0. The highest BCUT2D eigenvalue weighted by Crippen LogP contribution is 2.22. The van der Waals surface area contributed by atoms with Crippen LogP contribution < -0.4 is 10.0 Å². The van der Waals surface area contributed by atoms with Gasteiger partial charge in [-0.15, -0.1) is 12.4 Å². The molecule has 2 aliphatic heterocycles. The van der Waals surface area contributed by atoms with Crippen LogP contribution in [0, 0.1) is 0 Å². The van der Waals surface area contributed by atoms with Crippen molar-refractivity contribution < 1.29 is 13.2 Å². The molecule has 25 heavy (non-hydrogen) atoms. The maximum absolute atomic E-state index is 12.6. The summed E-state index contributed by atoms with van der Waals surface area (Å²) >= 11 is 0. The van der Waals surface area contributed by atoms with Crippen LogP contribution in [0.2, 0.25) is 0 Å². The smallest absolute Gasteiger partial charge is 0.263 e. The van der Waals surface area contributed by atoms with E-state index in [2.05, 4.69) is 15.0 Å². The number of rotatable bonds is 5. The normalized spacial score (nSPS) is 22.1. The van der Waals surface area contributed by atoms with Crippen LogP contribution in [-0.4, -0.2) is 57.3 Å². The molecule has 7 nitrogen and oxygen atoms in total. The van der Waals surface area contributed by atoms with Crippen molar-refractivity contribution in [3.63, 3.8) is 0 Å². The molecule has 2 N–H and O–H groups in total. The zero-order valence-electron chi connectivity index (χ0n) is 14.1. The molecule has 0 saturated carbocycles. The summed E-state index contributed by atoms with van der Waals surface area (Å²) in [6, 6.07) is 6.86. The van der Waals surface area contributed by atoms with Crippen LogP contribution in [0.3, 0.4) is 0 Å². The molecule has 3 rings (SSSR count). The first kappa shape index (κ1) is 19.7. The molecule has 0 aromatic heterocycles. The molecule has 1 aromatic carbocycles. The summed E-state index contributed by atoms with van der Waals surface area (Å²) in [6.07, 6.45) is 1.83. The molecule has 1 unspecified atom stereocenters. The molecule has 9 heteroatoms. The van der Waals surface area contributed by atoms with Gasteiger partial charge in [0.05, 0.1) is 4.90 Å². The van der Waals surface area contributed by atoms with Crippen molar-refractivity contribution in [3.8, 4) is 0 Å². The van der Waals surface area contributed by atoms with E-state index in [1.807, 2.05) is 11.8 Å². The number of nitrogens with zero attached hydrogens (tertiary/aromatic N) is 2. The van der Waals surface area contributed by atoms with E-state index in [0.29, 0.717) is 12.1 Å². The number of sulfonamides is 1. The van der Waals surface area contributed by atoms with Gasteiger partial charge in [-0.25, -0.2) is 8.42 Å². The number of carbonyl (C=O) groups excluding carboxylic acids is 1. The Morgan fingerprint density at radius 3 is 2.80 bits per heavy atom. The molecule has 1 aromatic rings. The average molecular weight is 387 g/mol. The lowest BCUT2D eigenvalue weighted by atomic mass is 10.2. The summed E-state index contributed by atoms with van der Waals surface area (Å²) in [7, 11) is -3.56. The van der Waals surface area contributed by atoms with Gasteiger partial charge in [0.15, 0.2) is 0 Å². The van der Waals surface area contributed by atoms with Gasteiger partial charge in [0.1, 0.15) is 12.4 Å². The minimum Gasteiger partial charge on any atom is -0.337 e. The standard InChI is InChI=1S/C16H22N4O3S.ClH/c1-2-9-20(12-7-8-17-10-12)15(21)11-18-16-13-5-3-4-6-14(13)24(22,23)19-16;/h3-6,12,17H,2,7-11H2,1H3,(H,18,19);1H. The third-order valence-electron chi connectivity index (χ3n) is 4.30. The van der Waals surface area contributed by atoms with Crippen LogP contribution in [0.1, 0.15) is 25.3 Å². The minimum atomic E-state index is -3.56. The van der Waals surface area contributed by atoms with Crippen molar-refractivity contribution in [3.05, 3.63) is 29.8 Å². The van der Waals surface area contributed by atoms with E-state index in [0.717, 1.165) is 25.9 Å². The van der Waals surface area contributed by atoms with Gasteiger partial charge in [0.25, 0.3) is 10.0 Å². The van der Waals surface area contributed by atoms with Crippen LogP contribution in [-0.2, 0) is 14.8 Å². The van der Waals surface area contributed by atoms with E-state index in [-0.39, 0.29) is 41.6 Å². The lowest BCUT2D eigenvalue weighted by molar-refractivity contribution is -0.131. The summed E-state index contributed by atoms with van der Waals surface area (Å²) in [4.78, 5) is 18.9. The van der Waals surface area contributed by atoms with Crippen molar-refractivity contribution in [1.29, 1.82) is 0 Å². The van der Waals surface area contributed by atoms with E-state index in [9.17, 15) is 13.2 Å². The number of benzene rings is 1. The molecule has 138 valence electrons. The molecule has 1 atom stereocenters. The predicted octanol–water partition coefficient (Wildman–Crippen LogP) is 0.747. The Labute approximate surface area is 154 Å². The van der Waals surface area contributed by atoms with Crippen molar-refractivity contribution >= 4 is 34.2 Å². The first-order chi connectivity index (χ1) is 11.5. The fourth-order valence-electron chi connectivity index (χ4n) is 3.15. The Balaban J connectivity index is 0.00000225. The van der Waals surface area contributed by atoms with Gasteiger partial charge in [0, 0.05) is 24.7 Å². The topological polar surface area (TPSA) is 90.9 Å². The molecule has 0 radical (unpaired) electrons. The molecule has 0 bridgehead atoms. The Morgan fingerprint density at radius 2 is 2.12 bits per heavy atom. The highest BCUT2D eigenvalue weighted by Gasteiger charge is 2.31. The van der Waals surface area contributed by atoms with Crippen LogP contribution in [0.25, 0.3) is 0 Å². The quantitative estimate of drug-likeness (QED) is 0.781. The summed E-state index contributed by atoms with van der Waals surface area (Å²) in [6.45, 7) is 4.40. The van der Waals surface area contributed by atoms with E-state index < -0.39 is 10.0 Å². The molecule has 1 amide bonds. The number of amidine groups is 1. The second kappa shape index (κ2) is 8.16. The summed E-state index contributed by atoms with van der Waals surface area (Å²) in [5, 5.41) is 3.27. The monoisotopic (exact) mass is 386 g/mol. The number of amides is 1. The number of carbonyl (C=O) groups is 1. The van der Waals surface area contributed by atoms with Crippen LogP contribution in [0.5, 0.6) is 0 Å². The third-order valence-corrected chi connectivity index (χ3v) is 5.69. The van der Waals surface area contributed by atoms with Crippen LogP contribution in [0.15, 0.2) is 34.2 Å². The van der Waals surface area contributed by atoms with Gasteiger partial charge in [0.2, 0.25) is 5.91 Å². The van der Waals surface area contributed by atoms with Gasteiger partial charge in [-0.2, -0.15) is 0 Å². The molecule has 2 aliphatic rings. The van der Waals surface area contributed by atoms with Crippen molar-refractivity contribution in [2.75, 3.05) is 26.2 Å². The van der Waals surface area contributed by atoms with E-state index in [4.69, 9.17) is 0 Å². The second-order valence-corrected chi connectivity index (χ2v) is 7.65. The number of hydrogen-bond acceptors (Lipinski definition) is 5. The zero-order chi connectivity index (χ0) is 17.2. The van der Waals surface area contributed by atoms with Gasteiger partial charge in [-0.1, -0.05) is 19.1 Å². The second-order valence-electron chi connectivity index (χ2n) is 6.00. The Kier molecular flexibility index (Phi) is 6.42. The largest absolute Gasteiger partial charge is 0.337 e. The SMILES string of the molecule is CCCN(C(=O)CN=C1NS(=O)(=O)c2ccccc21)C1CCNC1.Cl. The molecule has 0 aliphatic carbocycles. The number of aliphatic imine (C=N–C) groups is 1. The van der Waals surface area contributed by atoms with Gasteiger partial charge >= 0.3 is 0 Å². The average Bonchev–Trinajstić information content (AvgIpc) is 3.18. The number of halogens is 1. The lowest BCUT2D eigenvalue weighted by Gasteiger charge is -2.27. The fraction of sp³-hybridized carbons (Fsp3) is 0.500. The highest BCUT2D eigenvalue weighted by molar-refractivity contribution is 7.90. The van der Waals surface area contributed by atoms with Crippen LogP contribution in [0.4, 0.5) is 0 Å². The molecule has 2 heterocycles. The molecular formula is C16H23ClN4O3S. The van der Waals surface area contributed by atoms with Crippen molar-refractivity contribution in [2.24, 2.45) is 4.99 Å². The Bertz CT molecular complexity index is 760. The van der Waals surface area contributed by atoms with Crippen LogP contribution >= 0.6 is 12.4 Å². The molecule has 1 fully saturated rings. The van der Waals surface area contributed by atoms with Gasteiger partial charge < -0.3 is 10.2 Å². The lowest BCUT2D eigenvalue weighted by Crippen LogP contribution is -2.43. The summed E-state index contributed by atoms with van der Waals surface area (Å²) < 4.78 is 26.5. The zero-order valence-corrected chi connectivity index (χ0v) is 15.7. The molecule has 0 spiro atoms. The highest BCUT2D eigenvalue weighted by atomic mass is 35.5. The van der Waals surface area contributed by atoms with Gasteiger partial charge in [-0.05, 0) is 31.5 Å². The van der Waals surface area contributed by atoms with Crippen molar-refractivity contribution in [1.82, 2.24) is 14.9 Å². The number of nitrogens with one attached hydrogen (secondary N) is 2. The Hall–Kier alpha value is -1.64. The molecular weight excluding hydrogens is 364 g/mol. The van der Waals surface area contributed by atoms with E-state index in [1.165, 1.54) is 6.07 Å². The number of hydrogen-bond donors (Lipinski definition) is 2. The predicted molar refractivity (Wildman–Crippen MR) is 98.7 cm³/mol. The van der Waals surface area contributed by atoms with E-state index >= 15 is 0 Å². The van der Waals surface area contributed by atoms with E-state index in [1.54, 1.807) is 18.2 Å². The Morgan fingerprint density at radius 1 is 1.36 bits per heavy atom. The summed E-state index contributed by atoms with van der Waals surface area (Å²) in [5.74, 6) is 0.182. The summed E-state index contributed by atoms with van der Waals surface area (Å²) in [5.41, 5.74) is 0.523. The first-order valence-electron chi connectivity index (χ1n) is 8.20. The number of fused-ring (bicyclic) bond motifs is 1. The fourth-order valence-corrected chi connectivity index (χ4v) is 4.40. The molecule has 1 saturated heterocycles. The maximum Gasteiger partial charge on any atom is 0.263 e. The third kappa shape index (κ3) is 4.13.